The number of hydrogen-bond donors (Lipinski definition) is 0. The van der Waals surface area contributed by atoms with E-state index < -0.39 is 0 Å². The Morgan fingerprint density at radius 1 is 1.13 bits per heavy atom. The van der Waals surface area contributed by atoms with Crippen molar-refractivity contribution < 1.29 is 9.18 Å². The second kappa shape index (κ2) is 7.24. The summed E-state index contributed by atoms with van der Waals surface area (Å²) < 4.78 is 15.3. The Balaban J connectivity index is 1.46. The molecule has 0 radical (unpaired) electrons. The SMILES string of the molecule is C[C@@H]1C2=C(CC[C@H]2C(=O)N(C)c2ccccc2)Cc2c1cnn2-c1ccc(F)cc1. The monoisotopic (exact) mass is 401 g/mol. The van der Waals surface area contributed by atoms with Gasteiger partial charge >= 0.3 is 0 Å². The zero-order chi connectivity index (χ0) is 20.8. The number of fused-ring (bicyclic) bond motifs is 1. The summed E-state index contributed by atoms with van der Waals surface area (Å²) >= 11 is 0. The molecule has 1 amide bonds. The third-order valence-corrected chi connectivity index (χ3v) is 6.58. The average molecular weight is 401 g/mol. The summed E-state index contributed by atoms with van der Waals surface area (Å²) in [4.78, 5) is 15.1. The molecule has 5 heteroatoms. The van der Waals surface area contributed by atoms with Crippen molar-refractivity contribution in [2.75, 3.05) is 11.9 Å². The van der Waals surface area contributed by atoms with Crippen molar-refractivity contribution in [3.05, 3.63) is 89.0 Å². The lowest BCUT2D eigenvalue weighted by Crippen LogP contribution is -2.34. The van der Waals surface area contributed by atoms with Crippen LogP contribution in [0.3, 0.4) is 0 Å². The van der Waals surface area contributed by atoms with Gasteiger partial charge in [-0.3, -0.25) is 4.79 Å². The molecule has 5 rings (SSSR count). The summed E-state index contributed by atoms with van der Waals surface area (Å²) in [7, 11) is 1.86. The second-order valence-electron chi connectivity index (χ2n) is 8.22. The van der Waals surface area contributed by atoms with Crippen molar-refractivity contribution in [2.24, 2.45) is 5.92 Å². The van der Waals surface area contributed by atoms with Gasteiger partial charge in [0.2, 0.25) is 5.91 Å². The van der Waals surface area contributed by atoms with E-state index >= 15 is 0 Å². The van der Waals surface area contributed by atoms with Crippen LogP contribution < -0.4 is 4.90 Å². The Labute approximate surface area is 175 Å². The Hall–Kier alpha value is -3.21. The van der Waals surface area contributed by atoms with Crippen LogP contribution in [0.4, 0.5) is 10.1 Å². The molecule has 2 atom stereocenters. The summed E-state index contributed by atoms with van der Waals surface area (Å²) in [5.41, 5.74) is 6.73. The quantitative estimate of drug-likeness (QED) is 0.577. The van der Waals surface area contributed by atoms with Gasteiger partial charge in [0.25, 0.3) is 0 Å². The van der Waals surface area contributed by atoms with Crippen LogP contribution in [0.1, 0.15) is 36.9 Å². The van der Waals surface area contributed by atoms with Crippen LogP contribution >= 0.6 is 0 Å². The van der Waals surface area contributed by atoms with Gasteiger partial charge < -0.3 is 4.90 Å². The summed E-state index contributed by atoms with van der Waals surface area (Å²) in [5, 5.41) is 4.60. The highest BCUT2D eigenvalue weighted by Crippen LogP contribution is 2.47. The third kappa shape index (κ3) is 2.96. The van der Waals surface area contributed by atoms with Crippen LogP contribution in [0.25, 0.3) is 5.69 Å². The fourth-order valence-electron chi connectivity index (χ4n) is 5.03. The molecule has 0 aliphatic heterocycles. The fourth-order valence-corrected chi connectivity index (χ4v) is 5.03. The minimum atomic E-state index is -0.252. The van der Waals surface area contributed by atoms with Gasteiger partial charge in [0, 0.05) is 30.6 Å². The molecule has 152 valence electrons. The van der Waals surface area contributed by atoms with Crippen molar-refractivity contribution in [1.82, 2.24) is 9.78 Å². The van der Waals surface area contributed by atoms with Gasteiger partial charge in [-0.25, -0.2) is 9.07 Å². The van der Waals surface area contributed by atoms with Crippen LogP contribution in [0.2, 0.25) is 0 Å². The number of halogens is 1. The van der Waals surface area contributed by atoms with Crippen molar-refractivity contribution in [3.63, 3.8) is 0 Å². The molecule has 3 aromatic rings. The van der Waals surface area contributed by atoms with E-state index in [2.05, 4.69) is 12.0 Å². The molecule has 0 N–H and O–H groups in total. The van der Waals surface area contributed by atoms with Gasteiger partial charge in [0.1, 0.15) is 5.82 Å². The average Bonchev–Trinajstić information content (AvgIpc) is 3.39. The molecule has 0 bridgehead atoms. The van der Waals surface area contributed by atoms with Gasteiger partial charge in [0.15, 0.2) is 0 Å². The molecule has 0 fully saturated rings. The minimum absolute atomic E-state index is 0.0810. The van der Waals surface area contributed by atoms with Crippen LogP contribution in [-0.4, -0.2) is 22.7 Å². The van der Waals surface area contributed by atoms with Gasteiger partial charge in [-0.15, -0.1) is 0 Å². The van der Waals surface area contributed by atoms with Gasteiger partial charge in [-0.1, -0.05) is 36.3 Å². The highest BCUT2D eigenvalue weighted by atomic mass is 19.1. The molecule has 0 saturated carbocycles. The number of rotatable bonds is 3. The van der Waals surface area contributed by atoms with Gasteiger partial charge in [-0.2, -0.15) is 5.10 Å². The molecule has 0 unspecified atom stereocenters. The summed E-state index contributed by atoms with van der Waals surface area (Å²) in [6, 6.07) is 16.2. The van der Waals surface area contributed by atoms with Crippen LogP contribution in [0, 0.1) is 11.7 Å². The molecular weight excluding hydrogens is 377 g/mol. The Morgan fingerprint density at radius 2 is 1.87 bits per heavy atom. The number of nitrogens with zero attached hydrogens (tertiary/aromatic N) is 3. The summed E-state index contributed by atoms with van der Waals surface area (Å²) in [5.74, 6) is -0.0219. The molecule has 2 aliphatic carbocycles. The first-order valence-corrected chi connectivity index (χ1v) is 10.4. The van der Waals surface area contributed by atoms with Crippen LogP contribution in [-0.2, 0) is 11.2 Å². The molecule has 1 heterocycles. The smallest absolute Gasteiger partial charge is 0.233 e. The van der Waals surface area contributed by atoms with E-state index in [-0.39, 0.29) is 23.6 Å². The van der Waals surface area contributed by atoms with E-state index in [9.17, 15) is 9.18 Å². The van der Waals surface area contributed by atoms with Gasteiger partial charge in [-0.05, 0) is 49.2 Å². The van der Waals surface area contributed by atoms with E-state index in [0.717, 1.165) is 36.3 Å². The molecule has 0 saturated heterocycles. The Morgan fingerprint density at radius 3 is 2.60 bits per heavy atom. The Kier molecular flexibility index (Phi) is 4.54. The largest absolute Gasteiger partial charge is 0.315 e. The van der Waals surface area contributed by atoms with Crippen molar-refractivity contribution in [3.8, 4) is 5.69 Å². The number of para-hydroxylation sites is 1. The molecular formula is C25H24FN3O. The molecule has 0 spiro atoms. The number of anilines is 1. The number of hydrogen-bond acceptors (Lipinski definition) is 2. The molecule has 2 aromatic carbocycles. The number of amides is 1. The highest BCUT2D eigenvalue weighted by Gasteiger charge is 2.40. The number of allylic oxidation sites excluding steroid dienone is 1. The van der Waals surface area contributed by atoms with E-state index in [1.54, 1.807) is 17.0 Å². The first kappa shape index (κ1) is 18.8. The highest BCUT2D eigenvalue weighted by molar-refractivity contribution is 5.97. The van der Waals surface area contributed by atoms with E-state index in [0.29, 0.717) is 0 Å². The maximum absolute atomic E-state index is 13.4. The lowest BCUT2D eigenvalue weighted by atomic mass is 9.79. The molecule has 30 heavy (non-hydrogen) atoms. The van der Waals surface area contributed by atoms with Crippen LogP contribution in [0.5, 0.6) is 0 Å². The maximum atomic E-state index is 13.4. The number of aromatic nitrogens is 2. The van der Waals surface area contributed by atoms with Crippen molar-refractivity contribution in [2.45, 2.75) is 32.1 Å². The maximum Gasteiger partial charge on any atom is 0.233 e. The predicted octanol–water partition coefficient (Wildman–Crippen LogP) is 5.04. The molecule has 2 aliphatic rings. The van der Waals surface area contributed by atoms with E-state index in [1.807, 2.05) is 48.3 Å². The normalized spacial score (nSPS) is 20.1. The molecule has 4 nitrogen and oxygen atoms in total. The lowest BCUT2D eigenvalue weighted by molar-refractivity contribution is -0.121. The first-order valence-electron chi connectivity index (χ1n) is 10.4. The topological polar surface area (TPSA) is 38.1 Å². The van der Waals surface area contributed by atoms with E-state index in [4.69, 9.17) is 0 Å². The fraction of sp³-hybridized carbons (Fsp3) is 0.280. The summed E-state index contributed by atoms with van der Waals surface area (Å²) in [6.45, 7) is 2.18. The minimum Gasteiger partial charge on any atom is -0.315 e. The van der Waals surface area contributed by atoms with Crippen molar-refractivity contribution >= 4 is 11.6 Å². The first-order chi connectivity index (χ1) is 14.5. The van der Waals surface area contributed by atoms with E-state index in [1.165, 1.54) is 28.8 Å². The number of carbonyl (C=O) groups is 1. The molecule has 1 aromatic heterocycles. The Bertz CT molecular complexity index is 1130. The summed E-state index contributed by atoms with van der Waals surface area (Å²) in [6.07, 6.45) is 4.51. The van der Waals surface area contributed by atoms with Gasteiger partial charge in [0.05, 0.1) is 23.5 Å². The van der Waals surface area contributed by atoms with Crippen molar-refractivity contribution in [1.29, 1.82) is 0 Å². The number of carbonyl (C=O) groups excluding carboxylic acids is 1. The second-order valence-corrected chi connectivity index (χ2v) is 8.22. The standard InChI is InChI=1S/C25H24FN3O/c1-16-22-15-27-29(20-11-9-18(26)10-12-20)23(22)14-17-8-13-21(24(16)17)25(30)28(2)19-6-4-3-5-7-19/h3-7,9-12,15-16,21H,8,13-14H2,1-2H3/t16-,21+/m0/s1. The third-order valence-electron chi connectivity index (χ3n) is 6.58. The van der Waals surface area contributed by atoms with Crippen LogP contribution in [0.15, 0.2) is 71.9 Å². The zero-order valence-corrected chi connectivity index (χ0v) is 17.2. The predicted molar refractivity (Wildman–Crippen MR) is 115 cm³/mol. The zero-order valence-electron chi connectivity index (χ0n) is 17.2. The number of benzene rings is 2. The lowest BCUT2D eigenvalue weighted by Gasteiger charge is -2.29.